The lowest BCUT2D eigenvalue weighted by Crippen LogP contribution is -2.44. The Balaban J connectivity index is 3.90. The molecule has 0 rings (SSSR count). The minimum Gasteiger partial charge on any atom is -0.396 e. The SMILES string of the molecule is OCCC(O)C(O)C(O)C(O)O. The van der Waals surface area contributed by atoms with Crippen molar-refractivity contribution in [3.8, 4) is 0 Å². The molecule has 0 aliphatic rings. The highest BCUT2D eigenvalue weighted by Crippen LogP contribution is 2.05. The van der Waals surface area contributed by atoms with Crippen LogP contribution in [-0.2, 0) is 0 Å². The quantitative estimate of drug-likeness (QED) is 0.248. The highest BCUT2D eigenvalue weighted by molar-refractivity contribution is 4.75. The van der Waals surface area contributed by atoms with Crippen LogP contribution in [0.2, 0.25) is 0 Å². The standard InChI is InChI=1S/C6H14O6/c7-2-1-3(8)4(9)5(10)6(11)12/h3-12H,1-2H2. The van der Waals surface area contributed by atoms with Gasteiger partial charge in [-0.1, -0.05) is 0 Å². The molecule has 0 aromatic rings. The van der Waals surface area contributed by atoms with Gasteiger partial charge in [0, 0.05) is 6.61 Å². The molecular weight excluding hydrogens is 168 g/mol. The van der Waals surface area contributed by atoms with E-state index in [1.54, 1.807) is 0 Å². The topological polar surface area (TPSA) is 121 Å². The first-order valence-electron chi connectivity index (χ1n) is 3.52. The summed E-state index contributed by atoms with van der Waals surface area (Å²) in [7, 11) is 0. The fourth-order valence-electron chi connectivity index (χ4n) is 0.707. The van der Waals surface area contributed by atoms with Gasteiger partial charge in [-0.15, -0.1) is 0 Å². The molecule has 0 aliphatic heterocycles. The average molecular weight is 182 g/mol. The summed E-state index contributed by atoms with van der Waals surface area (Å²) in [5.74, 6) is 0. The van der Waals surface area contributed by atoms with Gasteiger partial charge in [0.1, 0.15) is 12.2 Å². The second-order valence-electron chi connectivity index (χ2n) is 2.47. The second-order valence-corrected chi connectivity index (χ2v) is 2.47. The summed E-state index contributed by atoms with van der Waals surface area (Å²) in [4.78, 5) is 0. The Bertz CT molecular complexity index is 117. The third-order valence-electron chi connectivity index (χ3n) is 1.47. The van der Waals surface area contributed by atoms with Crippen molar-refractivity contribution in [2.75, 3.05) is 6.61 Å². The molecule has 12 heavy (non-hydrogen) atoms. The van der Waals surface area contributed by atoms with E-state index in [0.29, 0.717) is 0 Å². The van der Waals surface area contributed by atoms with Gasteiger partial charge in [0.2, 0.25) is 0 Å². The summed E-state index contributed by atoms with van der Waals surface area (Å²) in [5.41, 5.74) is 0. The number of aliphatic hydroxyl groups is 6. The molecule has 0 bridgehead atoms. The van der Waals surface area contributed by atoms with Crippen LogP contribution in [0.3, 0.4) is 0 Å². The van der Waals surface area contributed by atoms with E-state index in [0.717, 1.165) is 0 Å². The molecule has 0 aromatic carbocycles. The summed E-state index contributed by atoms with van der Waals surface area (Å²) >= 11 is 0. The first kappa shape index (κ1) is 11.8. The first-order chi connectivity index (χ1) is 5.50. The van der Waals surface area contributed by atoms with Crippen LogP contribution in [0.25, 0.3) is 0 Å². The Morgan fingerprint density at radius 2 is 1.33 bits per heavy atom. The Kier molecular flexibility index (Phi) is 5.31. The van der Waals surface area contributed by atoms with Gasteiger partial charge in [-0.05, 0) is 6.42 Å². The van der Waals surface area contributed by atoms with Gasteiger partial charge in [0.25, 0.3) is 0 Å². The van der Waals surface area contributed by atoms with E-state index in [1.807, 2.05) is 0 Å². The largest absolute Gasteiger partial charge is 0.396 e. The van der Waals surface area contributed by atoms with Crippen LogP contribution in [0, 0.1) is 0 Å². The minimum absolute atomic E-state index is 0.134. The molecule has 0 radical (unpaired) electrons. The van der Waals surface area contributed by atoms with Crippen LogP contribution in [0.1, 0.15) is 6.42 Å². The second kappa shape index (κ2) is 5.41. The predicted molar refractivity (Wildman–Crippen MR) is 37.9 cm³/mol. The molecule has 6 nitrogen and oxygen atoms in total. The smallest absolute Gasteiger partial charge is 0.180 e. The Morgan fingerprint density at radius 3 is 1.67 bits per heavy atom. The van der Waals surface area contributed by atoms with E-state index < -0.39 is 24.6 Å². The van der Waals surface area contributed by atoms with E-state index in [1.165, 1.54) is 0 Å². The molecule has 0 fully saturated rings. The van der Waals surface area contributed by atoms with Crippen LogP contribution in [0.4, 0.5) is 0 Å². The van der Waals surface area contributed by atoms with Crippen molar-refractivity contribution in [3.05, 3.63) is 0 Å². The minimum atomic E-state index is -2.10. The molecule has 3 atom stereocenters. The lowest BCUT2D eigenvalue weighted by Gasteiger charge is -2.23. The van der Waals surface area contributed by atoms with Gasteiger partial charge in [-0.25, -0.2) is 0 Å². The van der Waals surface area contributed by atoms with Crippen molar-refractivity contribution in [1.82, 2.24) is 0 Å². The van der Waals surface area contributed by atoms with Crippen LogP contribution in [-0.4, -0.2) is 61.8 Å². The Hall–Kier alpha value is -0.240. The zero-order valence-corrected chi connectivity index (χ0v) is 6.41. The zero-order valence-electron chi connectivity index (χ0n) is 6.41. The molecule has 6 N–H and O–H groups in total. The molecular formula is C6H14O6. The number of rotatable bonds is 5. The summed E-state index contributed by atoms with van der Waals surface area (Å²) in [6.45, 7) is -0.355. The normalized spacial score (nSPS) is 19.2. The summed E-state index contributed by atoms with van der Waals surface area (Å²) < 4.78 is 0. The monoisotopic (exact) mass is 182 g/mol. The summed E-state index contributed by atoms with van der Waals surface area (Å²) in [5, 5.41) is 51.8. The number of hydrogen-bond donors (Lipinski definition) is 6. The average Bonchev–Trinajstić information content (AvgIpc) is 2.02. The molecule has 0 saturated carbocycles. The molecule has 0 amide bonds. The van der Waals surface area contributed by atoms with Gasteiger partial charge in [0.05, 0.1) is 6.10 Å². The maximum absolute atomic E-state index is 8.96. The van der Waals surface area contributed by atoms with Crippen molar-refractivity contribution >= 4 is 0 Å². The molecule has 0 aliphatic carbocycles. The highest BCUT2D eigenvalue weighted by atomic mass is 16.5. The maximum atomic E-state index is 8.96. The summed E-state index contributed by atoms with van der Waals surface area (Å²) in [6, 6.07) is 0. The zero-order chi connectivity index (χ0) is 9.72. The number of hydrogen-bond acceptors (Lipinski definition) is 6. The molecule has 3 unspecified atom stereocenters. The van der Waals surface area contributed by atoms with Gasteiger partial charge < -0.3 is 30.6 Å². The van der Waals surface area contributed by atoms with Gasteiger partial charge in [-0.3, -0.25) is 0 Å². The maximum Gasteiger partial charge on any atom is 0.180 e. The van der Waals surface area contributed by atoms with Crippen LogP contribution in [0.15, 0.2) is 0 Å². The van der Waals surface area contributed by atoms with E-state index in [-0.39, 0.29) is 13.0 Å². The highest BCUT2D eigenvalue weighted by Gasteiger charge is 2.28. The molecule has 6 heteroatoms. The molecule has 0 saturated heterocycles. The van der Waals surface area contributed by atoms with E-state index in [4.69, 9.17) is 30.6 Å². The van der Waals surface area contributed by atoms with Crippen LogP contribution in [0.5, 0.6) is 0 Å². The van der Waals surface area contributed by atoms with Crippen molar-refractivity contribution in [2.45, 2.75) is 31.0 Å². The van der Waals surface area contributed by atoms with E-state index in [2.05, 4.69) is 0 Å². The van der Waals surface area contributed by atoms with Crippen LogP contribution < -0.4 is 0 Å². The van der Waals surface area contributed by atoms with Crippen molar-refractivity contribution in [3.63, 3.8) is 0 Å². The Morgan fingerprint density at radius 1 is 0.833 bits per heavy atom. The number of aliphatic hydroxyl groups excluding tert-OH is 5. The fraction of sp³-hybridized carbons (Fsp3) is 1.00. The fourth-order valence-corrected chi connectivity index (χ4v) is 0.707. The van der Waals surface area contributed by atoms with Gasteiger partial charge in [0.15, 0.2) is 6.29 Å². The third kappa shape index (κ3) is 3.44. The van der Waals surface area contributed by atoms with Crippen molar-refractivity contribution in [1.29, 1.82) is 0 Å². The lowest BCUT2D eigenvalue weighted by atomic mass is 10.1. The molecule has 0 heterocycles. The Labute approximate surface area is 69.3 Å². The third-order valence-corrected chi connectivity index (χ3v) is 1.47. The lowest BCUT2D eigenvalue weighted by molar-refractivity contribution is -0.178. The summed E-state index contributed by atoms with van der Waals surface area (Å²) in [6.07, 6.45) is -7.10. The van der Waals surface area contributed by atoms with E-state index >= 15 is 0 Å². The van der Waals surface area contributed by atoms with Crippen LogP contribution >= 0.6 is 0 Å². The van der Waals surface area contributed by atoms with Crippen molar-refractivity contribution < 1.29 is 30.6 Å². The molecule has 74 valence electrons. The molecule has 0 aromatic heterocycles. The van der Waals surface area contributed by atoms with Gasteiger partial charge >= 0.3 is 0 Å². The first-order valence-corrected chi connectivity index (χ1v) is 3.52. The van der Waals surface area contributed by atoms with Crippen molar-refractivity contribution in [2.24, 2.45) is 0 Å². The van der Waals surface area contributed by atoms with E-state index in [9.17, 15) is 0 Å². The van der Waals surface area contributed by atoms with Gasteiger partial charge in [-0.2, -0.15) is 0 Å². The predicted octanol–water partition coefficient (Wildman–Crippen LogP) is -3.24. The molecule has 0 spiro atoms.